The van der Waals surface area contributed by atoms with Gasteiger partial charge < -0.3 is 24.8 Å². The molecule has 1 aliphatic heterocycles. The second kappa shape index (κ2) is 12.7. The predicted octanol–water partition coefficient (Wildman–Crippen LogP) is 4.25. The number of ether oxygens (including phenoxy) is 3. The van der Waals surface area contributed by atoms with Crippen molar-refractivity contribution in [1.29, 1.82) is 0 Å². The Balaban J connectivity index is 1.69. The number of carbonyl (C=O) groups is 3. The predicted molar refractivity (Wildman–Crippen MR) is 145 cm³/mol. The summed E-state index contributed by atoms with van der Waals surface area (Å²) in [4.78, 5) is 36.9. The Morgan fingerprint density at radius 3 is 2.49 bits per heavy atom. The fourth-order valence-corrected chi connectivity index (χ4v) is 4.72. The topological polar surface area (TPSA) is 127 Å². The van der Waals surface area contributed by atoms with E-state index in [2.05, 4.69) is 53.0 Å². The Morgan fingerprint density at radius 2 is 1.84 bits per heavy atom. The summed E-state index contributed by atoms with van der Waals surface area (Å²) in [6.45, 7) is 5.18. The van der Waals surface area contributed by atoms with Crippen LogP contribution in [-0.2, 0) is 14.3 Å². The van der Waals surface area contributed by atoms with Crippen LogP contribution in [0.2, 0.25) is 0 Å². The largest absolute Gasteiger partial charge is 0.493 e. The van der Waals surface area contributed by atoms with E-state index < -0.39 is 23.9 Å². The molecule has 1 aliphatic rings. The number of urea groups is 1. The summed E-state index contributed by atoms with van der Waals surface area (Å²) < 4.78 is 18.0. The Morgan fingerprint density at radius 1 is 1.14 bits per heavy atom. The van der Waals surface area contributed by atoms with E-state index in [1.54, 1.807) is 32.0 Å². The summed E-state index contributed by atoms with van der Waals surface area (Å²) in [6.07, 6.45) is 1.52. The Labute approximate surface area is 231 Å². The highest BCUT2D eigenvalue weighted by molar-refractivity contribution is 9.11. The highest BCUT2D eigenvalue weighted by Crippen LogP contribution is 2.34. The van der Waals surface area contributed by atoms with Crippen LogP contribution in [0.15, 0.2) is 55.6 Å². The molecule has 0 saturated heterocycles. The zero-order chi connectivity index (χ0) is 27.1. The first kappa shape index (κ1) is 28.2. The number of esters is 1. The molecule has 3 amide bonds. The number of halogens is 2. The molecule has 37 heavy (non-hydrogen) atoms. The van der Waals surface area contributed by atoms with E-state index in [1.807, 2.05) is 19.1 Å². The Hall–Kier alpha value is -3.38. The van der Waals surface area contributed by atoms with E-state index in [-0.39, 0.29) is 18.8 Å². The molecule has 2 aromatic carbocycles. The molecule has 196 valence electrons. The van der Waals surface area contributed by atoms with Crippen molar-refractivity contribution in [3.8, 4) is 11.5 Å². The molecule has 12 heteroatoms. The molecule has 3 N–H and O–H groups in total. The summed E-state index contributed by atoms with van der Waals surface area (Å²) in [5.74, 6) is -0.395. The van der Waals surface area contributed by atoms with Gasteiger partial charge in [-0.15, -0.1) is 0 Å². The van der Waals surface area contributed by atoms with Crippen LogP contribution in [-0.4, -0.2) is 44.4 Å². The molecular formula is C25H26Br2N4O6. The summed E-state index contributed by atoms with van der Waals surface area (Å²) in [5, 5.41) is 9.28. The maximum atomic E-state index is 12.5. The lowest BCUT2D eigenvalue weighted by molar-refractivity contribution is -0.139. The minimum atomic E-state index is -0.754. The highest BCUT2D eigenvalue weighted by atomic mass is 79.9. The van der Waals surface area contributed by atoms with Gasteiger partial charge in [-0.05, 0) is 61.7 Å². The fraction of sp³-hybridized carbons (Fsp3) is 0.280. The number of nitrogens with one attached hydrogen (secondary N) is 3. The van der Waals surface area contributed by atoms with Gasteiger partial charge in [0, 0.05) is 14.6 Å². The molecule has 0 aliphatic carbocycles. The minimum absolute atomic E-state index is 0.193. The molecule has 0 radical (unpaired) electrons. The van der Waals surface area contributed by atoms with Gasteiger partial charge in [0.2, 0.25) is 0 Å². The molecular weight excluding hydrogens is 612 g/mol. The number of hydrogen-bond acceptors (Lipinski definition) is 7. The zero-order valence-corrected chi connectivity index (χ0v) is 23.8. The van der Waals surface area contributed by atoms with Crippen LogP contribution in [0.25, 0.3) is 0 Å². The van der Waals surface area contributed by atoms with Gasteiger partial charge in [0.1, 0.15) is 0 Å². The van der Waals surface area contributed by atoms with Crippen molar-refractivity contribution in [3.63, 3.8) is 0 Å². The Kier molecular flexibility index (Phi) is 9.70. The smallest absolute Gasteiger partial charge is 0.338 e. The van der Waals surface area contributed by atoms with E-state index in [4.69, 9.17) is 14.2 Å². The molecule has 0 bridgehead atoms. The first-order valence-electron chi connectivity index (χ1n) is 11.2. The summed E-state index contributed by atoms with van der Waals surface area (Å²) in [5.41, 5.74) is 5.52. The van der Waals surface area contributed by atoms with Crippen LogP contribution in [0.3, 0.4) is 0 Å². The molecule has 0 saturated carbocycles. The lowest BCUT2D eigenvalue weighted by Gasteiger charge is -2.28. The number of benzene rings is 2. The van der Waals surface area contributed by atoms with Crippen molar-refractivity contribution < 1.29 is 28.6 Å². The third-order valence-electron chi connectivity index (χ3n) is 5.35. The lowest BCUT2D eigenvalue weighted by atomic mass is 9.95. The summed E-state index contributed by atoms with van der Waals surface area (Å²) in [7, 11) is 1.45. The van der Waals surface area contributed by atoms with Gasteiger partial charge in [-0.3, -0.25) is 4.79 Å². The fourth-order valence-electron chi connectivity index (χ4n) is 3.50. The van der Waals surface area contributed by atoms with E-state index in [1.165, 1.54) is 13.3 Å². The number of methoxy groups -OCH3 is 1. The van der Waals surface area contributed by atoms with Gasteiger partial charge in [-0.25, -0.2) is 15.0 Å². The normalized spacial score (nSPS) is 15.2. The lowest BCUT2D eigenvalue weighted by Crippen LogP contribution is -2.45. The third-order valence-corrected chi connectivity index (χ3v) is 7.00. The monoisotopic (exact) mass is 636 g/mol. The van der Waals surface area contributed by atoms with E-state index in [0.717, 1.165) is 20.1 Å². The minimum Gasteiger partial charge on any atom is -0.493 e. The summed E-state index contributed by atoms with van der Waals surface area (Å²) >= 11 is 6.95. The van der Waals surface area contributed by atoms with Gasteiger partial charge in [-0.1, -0.05) is 37.9 Å². The van der Waals surface area contributed by atoms with E-state index in [9.17, 15) is 14.4 Å². The van der Waals surface area contributed by atoms with Crippen LogP contribution in [0, 0.1) is 6.92 Å². The van der Waals surface area contributed by atoms with Gasteiger partial charge in [0.25, 0.3) is 5.91 Å². The number of hydrazone groups is 1. The number of hydrogen-bond donors (Lipinski definition) is 3. The van der Waals surface area contributed by atoms with Crippen LogP contribution in [0.5, 0.6) is 11.5 Å². The molecule has 10 nitrogen and oxygen atoms in total. The SMILES string of the molecule is CCOC(=O)C1=C(C)NC(=O)N[C@@H]1c1ccc(OCC(=O)N/N=C/c2cc(Br)c(C)c(Br)c2)c(OC)c1. The Bertz CT molecular complexity index is 1250. The average molecular weight is 638 g/mol. The van der Waals surface area contributed by atoms with Gasteiger partial charge in [0.05, 0.1) is 31.5 Å². The second-order valence-corrected chi connectivity index (χ2v) is 9.60. The number of allylic oxidation sites excluding steroid dienone is 1. The molecule has 1 atom stereocenters. The zero-order valence-electron chi connectivity index (χ0n) is 20.6. The van der Waals surface area contributed by atoms with Crippen LogP contribution >= 0.6 is 31.9 Å². The standard InChI is InChI=1S/C25H26Br2N4O6/c1-5-36-24(33)22-14(3)29-25(34)30-23(22)16-6-7-19(20(10-16)35-4)37-12-21(32)31-28-11-15-8-17(26)13(2)18(27)9-15/h6-11,23H,5,12H2,1-4H3,(H,31,32)(H2,29,30,34)/b28-11+/t23-/m1/s1. The van der Waals surface area contributed by atoms with Gasteiger partial charge >= 0.3 is 12.0 Å². The van der Waals surface area contributed by atoms with Gasteiger partial charge in [-0.2, -0.15) is 5.10 Å². The van der Waals surface area contributed by atoms with Crippen LogP contribution in [0.4, 0.5) is 4.79 Å². The maximum Gasteiger partial charge on any atom is 0.338 e. The number of nitrogens with zero attached hydrogens (tertiary/aromatic N) is 1. The van der Waals surface area contributed by atoms with Crippen molar-refractivity contribution in [2.75, 3.05) is 20.3 Å². The highest BCUT2D eigenvalue weighted by Gasteiger charge is 2.32. The molecule has 0 unspecified atom stereocenters. The van der Waals surface area contributed by atoms with E-state index >= 15 is 0 Å². The number of carbonyl (C=O) groups excluding carboxylic acids is 3. The second-order valence-electron chi connectivity index (χ2n) is 7.89. The van der Waals surface area contributed by atoms with Crippen molar-refractivity contribution in [2.24, 2.45) is 5.10 Å². The van der Waals surface area contributed by atoms with Crippen LogP contribution < -0.4 is 25.5 Å². The molecule has 0 spiro atoms. The molecule has 0 aromatic heterocycles. The quantitative estimate of drug-likeness (QED) is 0.214. The van der Waals surface area contributed by atoms with Crippen molar-refractivity contribution in [2.45, 2.75) is 26.8 Å². The number of rotatable bonds is 9. The maximum absolute atomic E-state index is 12.5. The molecule has 2 aromatic rings. The van der Waals surface area contributed by atoms with Crippen molar-refractivity contribution in [3.05, 3.63) is 67.2 Å². The molecule has 1 heterocycles. The molecule has 0 fully saturated rings. The number of amides is 3. The average Bonchev–Trinajstić information content (AvgIpc) is 2.85. The third kappa shape index (κ3) is 7.10. The first-order valence-corrected chi connectivity index (χ1v) is 12.8. The first-order chi connectivity index (χ1) is 17.6. The van der Waals surface area contributed by atoms with Crippen molar-refractivity contribution in [1.82, 2.24) is 16.1 Å². The molecule has 3 rings (SSSR count). The summed E-state index contributed by atoms with van der Waals surface area (Å²) in [6, 6.07) is 7.46. The van der Waals surface area contributed by atoms with Crippen LogP contribution in [0.1, 0.15) is 36.6 Å². The van der Waals surface area contributed by atoms with Gasteiger partial charge in [0.15, 0.2) is 18.1 Å². The van der Waals surface area contributed by atoms with Crippen molar-refractivity contribution >= 4 is 56.0 Å². The van der Waals surface area contributed by atoms with E-state index in [0.29, 0.717) is 22.8 Å².